The van der Waals surface area contributed by atoms with Crippen LogP contribution in [0.4, 0.5) is 0 Å². The summed E-state index contributed by atoms with van der Waals surface area (Å²) in [4.78, 5) is 9.23. The van der Waals surface area contributed by atoms with Crippen LogP contribution < -0.4 is 0 Å². The Balaban J connectivity index is -0.000000376. The molecule has 4 heteroatoms. The van der Waals surface area contributed by atoms with Crippen LogP contribution in [0.25, 0.3) is 0 Å². The standard InChI is InChI=1S/C9H16O2.CH4O.Ta/c1-6(2)8(10)5-9(11)7(3)4;1-2;/h5-7,10H,1-4H3;2H,1H3;/p+1/b8-5-;;. The van der Waals surface area contributed by atoms with Gasteiger partial charge in [0.25, 0.3) is 0 Å². The van der Waals surface area contributed by atoms with E-state index in [0.717, 1.165) is 7.11 Å². The molecule has 0 fully saturated rings. The maximum absolute atomic E-state index is 9.23. The zero-order valence-electron chi connectivity index (χ0n) is 9.52. The summed E-state index contributed by atoms with van der Waals surface area (Å²) in [5.41, 5.74) is 0. The number of rotatable bonds is 3. The number of aliphatic hydroxyl groups is 2. The van der Waals surface area contributed by atoms with E-state index in [1.165, 1.54) is 6.08 Å². The molecule has 0 saturated heterocycles. The van der Waals surface area contributed by atoms with Crippen molar-refractivity contribution in [2.45, 2.75) is 27.7 Å². The Labute approximate surface area is 102 Å². The van der Waals surface area contributed by atoms with E-state index in [1.807, 2.05) is 27.7 Å². The molecule has 0 unspecified atom stereocenters. The van der Waals surface area contributed by atoms with Crippen LogP contribution in [0.3, 0.4) is 0 Å². The van der Waals surface area contributed by atoms with Crippen LogP contribution in [-0.2, 0) is 22.4 Å². The second kappa shape index (κ2) is 11.0. The van der Waals surface area contributed by atoms with Gasteiger partial charge in [0, 0.05) is 35.4 Å². The monoisotopic (exact) mass is 370 g/mol. The number of ketones is 1. The van der Waals surface area contributed by atoms with Crippen molar-refractivity contribution in [1.82, 2.24) is 0 Å². The van der Waals surface area contributed by atoms with E-state index in [9.17, 15) is 9.90 Å². The fraction of sp³-hybridized carbons (Fsp3) is 0.700. The van der Waals surface area contributed by atoms with Crippen molar-refractivity contribution in [3.05, 3.63) is 11.8 Å². The minimum absolute atomic E-state index is 0. The van der Waals surface area contributed by atoms with Crippen LogP contribution in [-0.4, -0.2) is 27.9 Å². The Hall–Kier alpha value is -0.0897. The van der Waals surface area contributed by atoms with Crippen LogP contribution in [0.1, 0.15) is 27.7 Å². The Morgan fingerprint density at radius 2 is 1.43 bits per heavy atom. The van der Waals surface area contributed by atoms with E-state index in [4.69, 9.17) is 5.11 Å². The summed E-state index contributed by atoms with van der Waals surface area (Å²) in [6.45, 7) is 7.50. The molecule has 0 bridgehead atoms. The molecule has 3 nitrogen and oxygen atoms in total. The number of aliphatic hydroxyl groups excluding tert-OH is 2. The van der Waals surface area contributed by atoms with Gasteiger partial charge in [0.1, 0.15) is 5.76 Å². The van der Waals surface area contributed by atoms with Gasteiger partial charge in [-0.05, 0) is 0 Å². The van der Waals surface area contributed by atoms with Gasteiger partial charge in [-0.3, -0.25) is 4.79 Å². The van der Waals surface area contributed by atoms with Gasteiger partial charge in [-0.1, -0.05) is 27.7 Å². The minimum atomic E-state index is 0. The molecule has 0 aromatic rings. The fourth-order valence-corrected chi connectivity index (χ4v) is 0.485. The van der Waals surface area contributed by atoms with Gasteiger partial charge >= 0.3 is 5.78 Å². The van der Waals surface area contributed by atoms with Gasteiger partial charge < -0.3 is 10.2 Å². The Morgan fingerprint density at radius 1 is 1.07 bits per heavy atom. The van der Waals surface area contributed by atoms with Gasteiger partial charge in [0.15, 0.2) is 0 Å². The molecule has 0 heterocycles. The molecule has 0 aliphatic heterocycles. The molecule has 3 N–H and O–H groups in total. The molecule has 0 atom stereocenters. The fourth-order valence-electron chi connectivity index (χ4n) is 0.485. The van der Waals surface area contributed by atoms with Crippen LogP contribution >= 0.6 is 0 Å². The molecule has 0 aliphatic carbocycles. The van der Waals surface area contributed by atoms with Crippen molar-refractivity contribution in [3.8, 4) is 0 Å². The second-order valence-corrected chi connectivity index (χ2v) is 3.30. The van der Waals surface area contributed by atoms with Gasteiger partial charge in [-0.25, -0.2) is 0 Å². The molecule has 0 spiro atoms. The maximum Gasteiger partial charge on any atom is 0.322 e. The third-order valence-electron chi connectivity index (χ3n) is 1.48. The van der Waals surface area contributed by atoms with Crippen molar-refractivity contribution < 1.29 is 37.4 Å². The summed E-state index contributed by atoms with van der Waals surface area (Å²) in [5.74, 6) is 0.624. The quantitative estimate of drug-likeness (QED) is 0.453. The summed E-state index contributed by atoms with van der Waals surface area (Å²) in [6, 6.07) is 0. The average molecular weight is 370 g/mol. The maximum atomic E-state index is 9.23. The van der Waals surface area contributed by atoms with Crippen molar-refractivity contribution in [2.24, 2.45) is 11.8 Å². The van der Waals surface area contributed by atoms with E-state index >= 15 is 0 Å². The van der Waals surface area contributed by atoms with Gasteiger partial charge in [0.2, 0.25) is 0 Å². The van der Waals surface area contributed by atoms with E-state index in [0.29, 0.717) is 0 Å². The van der Waals surface area contributed by atoms with Crippen molar-refractivity contribution in [3.63, 3.8) is 0 Å². The minimum Gasteiger partial charge on any atom is -0.512 e. The van der Waals surface area contributed by atoms with Crippen molar-refractivity contribution in [2.75, 3.05) is 7.11 Å². The summed E-state index contributed by atoms with van der Waals surface area (Å²) >= 11 is 0. The molecule has 1 radical (unpaired) electrons. The molecule has 14 heavy (non-hydrogen) atoms. The molecular weight excluding hydrogens is 349 g/mol. The van der Waals surface area contributed by atoms with Gasteiger partial charge in [0.05, 0.1) is 12.0 Å². The van der Waals surface area contributed by atoms with E-state index in [1.54, 1.807) is 0 Å². The summed E-state index contributed by atoms with van der Waals surface area (Å²) in [6.07, 6.45) is 1.43. The second-order valence-electron chi connectivity index (χ2n) is 3.30. The molecular formula is C10H21O3Ta+. The van der Waals surface area contributed by atoms with E-state index in [2.05, 4.69) is 0 Å². The molecule has 0 saturated carbocycles. The van der Waals surface area contributed by atoms with Gasteiger partial charge in [-0.15, -0.1) is 0 Å². The first kappa shape index (κ1) is 19.5. The Morgan fingerprint density at radius 3 is 1.64 bits per heavy atom. The van der Waals surface area contributed by atoms with E-state index < -0.39 is 0 Å². The number of carbonyl (C=O) groups excluding carboxylic acids is 1. The third-order valence-corrected chi connectivity index (χ3v) is 1.48. The molecule has 0 aliphatic rings. The zero-order chi connectivity index (χ0) is 11.0. The number of hydrogen-bond acceptors (Lipinski definition) is 2. The van der Waals surface area contributed by atoms with Crippen LogP contribution in [0.15, 0.2) is 11.8 Å². The largest absolute Gasteiger partial charge is 0.512 e. The number of hydrogen-bond donors (Lipinski definition) is 2. The topological polar surface area (TPSA) is 61.9 Å². The molecule has 0 aromatic carbocycles. The first-order chi connectivity index (χ1) is 5.95. The smallest absolute Gasteiger partial charge is 0.322 e. The van der Waals surface area contributed by atoms with E-state index in [-0.39, 0.29) is 45.8 Å². The third kappa shape index (κ3) is 9.99. The van der Waals surface area contributed by atoms with Gasteiger partial charge in [-0.2, -0.15) is 0 Å². The average Bonchev–Trinajstić information content (AvgIpc) is 2.07. The predicted molar refractivity (Wildman–Crippen MR) is 55.5 cm³/mol. The SMILES string of the molecule is CC(C)C(=[OH+])/C=C(\O)C(C)C.CO.[Ta]. The van der Waals surface area contributed by atoms with Crippen LogP contribution in [0, 0.1) is 11.8 Å². The normalized spacial score (nSPS) is 10.4. The Kier molecular flexibility index (Phi) is 15.3. The summed E-state index contributed by atoms with van der Waals surface area (Å²) < 4.78 is 0. The zero-order valence-corrected chi connectivity index (χ0v) is 12.7. The Bertz CT molecular complexity index is 174. The van der Waals surface area contributed by atoms with Crippen molar-refractivity contribution >= 4 is 5.78 Å². The predicted octanol–water partition coefficient (Wildman–Crippen LogP) is 1.89. The molecule has 0 amide bonds. The first-order valence-electron chi connectivity index (χ1n) is 4.36. The first-order valence-corrected chi connectivity index (χ1v) is 4.36. The molecule has 0 aromatic heterocycles. The van der Waals surface area contributed by atoms with Crippen LogP contribution in [0.5, 0.6) is 0 Å². The number of allylic oxidation sites excluding steroid dienone is 2. The summed E-state index contributed by atoms with van der Waals surface area (Å²) in [7, 11) is 1.00. The molecule has 83 valence electrons. The summed E-state index contributed by atoms with van der Waals surface area (Å²) in [5, 5.41) is 16.2. The van der Waals surface area contributed by atoms with Crippen molar-refractivity contribution in [1.29, 1.82) is 0 Å². The molecule has 0 rings (SSSR count). The van der Waals surface area contributed by atoms with Crippen LogP contribution in [0.2, 0.25) is 0 Å².